The molecule has 24 heavy (non-hydrogen) atoms. The molecule has 0 spiro atoms. The first-order chi connectivity index (χ1) is 11.5. The number of hydrogen-bond acceptors (Lipinski definition) is 4. The van der Waals surface area contributed by atoms with Gasteiger partial charge in [0.25, 0.3) is 5.91 Å². The van der Waals surface area contributed by atoms with Crippen LogP contribution in [-0.4, -0.2) is 10.9 Å². The number of rotatable bonds is 4. The molecule has 5 nitrogen and oxygen atoms in total. The van der Waals surface area contributed by atoms with Gasteiger partial charge in [-0.05, 0) is 35.7 Å². The number of nitrogens with zero attached hydrogens (tertiary/aromatic N) is 1. The molecule has 0 saturated heterocycles. The normalized spacial score (nSPS) is 10.8. The minimum atomic E-state index is -0.322. The smallest absolute Gasteiger partial charge is 0.277 e. The Kier molecular flexibility index (Phi) is 4.33. The molecule has 1 heterocycles. The Morgan fingerprint density at radius 1 is 1.12 bits per heavy atom. The van der Waals surface area contributed by atoms with Crippen LogP contribution in [0, 0.1) is 0 Å². The first kappa shape index (κ1) is 15.8. The second-order valence-corrected chi connectivity index (χ2v) is 5.86. The number of nitrogens with two attached hydrogens (primary N) is 1. The molecule has 1 amide bonds. The van der Waals surface area contributed by atoms with Gasteiger partial charge < -0.3 is 15.5 Å². The molecule has 122 valence electrons. The Hall–Kier alpha value is -3.08. The summed E-state index contributed by atoms with van der Waals surface area (Å²) in [6, 6.07) is 15.0. The van der Waals surface area contributed by atoms with Gasteiger partial charge in [-0.15, -0.1) is 0 Å². The molecule has 0 bridgehead atoms. The van der Waals surface area contributed by atoms with Crippen molar-refractivity contribution in [1.29, 1.82) is 0 Å². The van der Waals surface area contributed by atoms with E-state index in [1.165, 1.54) is 11.8 Å². The van der Waals surface area contributed by atoms with E-state index in [4.69, 9.17) is 10.2 Å². The topological polar surface area (TPSA) is 81.2 Å². The Balaban J connectivity index is 1.75. The van der Waals surface area contributed by atoms with E-state index in [2.05, 4.69) is 24.1 Å². The predicted octanol–water partition coefficient (Wildman–Crippen LogP) is 4.30. The number of nitrogen functional groups attached to an aromatic ring is 1. The third-order valence-electron chi connectivity index (χ3n) is 3.76. The molecule has 0 fully saturated rings. The molecule has 3 N–H and O–H groups in total. The summed E-state index contributed by atoms with van der Waals surface area (Å²) >= 11 is 0. The molecular weight excluding hydrogens is 302 g/mol. The van der Waals surface area contributed by atoms with Gasteiger partial charge in [0, 0.05) is 11.4 Å². The monoisotopic (exact) mass is 321 g/mol. The van der Waals surface area contributed by atoms with Crippen molar-refractivity contribution in [3.05, 3.63) is 66.1 Å². The third-order valence-corrected chi connectivity index (χ3v) is 3.76. The van der Waals surface area contributed by atoms with Crippen molar-refractivity contribution in [2.24, 2.45) is 0 Å². The first-order valence-electron chi connectivity index (χ1n) is 7.76. The van der Waals surface area contributed by atoms with Crippen LogP contribution in [0.1, 0.15) is 35.8 Å². The van der Waals surface area contributed by atoms with Gasteiger partial charge in [0.15, 0.2) is 5.69 Å². The fourth-order valence-corrected chi connectivity index (χ4v) is 2.34. The Bertz CT molecular complexity index is 851. The summed E-state index contributed by atoms with van der Waals surface area (Å²) in [6.07, 6.45) is 1.33. The van der Waals surface area contributed by atoms with Crippen molar-refractivity contribution in [1.82, 2.24) is 4.98 Å². The van der Waals surface area contributed by atoms with Crippen LogP contribution >= 0.6 is 0 Å². The van der Waals surface area contributed by atoms with Crippen LogP contribution < -0.4 is 11.1 Å². The van der Waals surface area contributed by atoms with E-state index < -0.39 is 0 Å². The van der Waals surface area contributed by atoms with Crippen LogP contribution in [-0.2, 0) is 0 Å². The lowest BCUT2D eigenvalue weighted by Crippen LogP contribution is -2.12. The minimum absolute atomic E-state index is 0.209. The van der Waals surface area contributed by atoms with Crippen molar-refractivity contribution in [3.8, 4) is 11.5 Å². The number of para-hydroxylation sites is 1. The summed E-state index contributed by atoms with van der Waals surface area (Å²) in [5.74, 6) is 0.453. The lowest BCUT2D eigenvalue weighted by molar-refractivity contribution is 0.102. The molecule has 1 aromatic heterocycles. The van der Waals surface area contributed by atoms with Gasteiger partial charge in [0.1, 0.15) is 6.26 Å². The highest BCUT2D eigenvalue weighted by molar-refractivity contribution is 6.03. The quantitative estimate of drug-likeness (QED) is 0.702. The van der Waals surface area contributed by atoms with E-state index in [0.717, 1.165) is 0 Å². The number of aromatic nitrogens is 1. The van der Waals surface area contributed by atoms with Gasteiger partial charge in [-0.25, -0.2) is 4.98 Å². The van der Waals surface area contributed by atoms with Crippen molar-refractivity contribution >= 4 is 17.3 Å². The molecule has 0 radical (unpaired) electrons. The van der Waals surface area contributed by atoms with Gasteiger partial charge in [-0.2, -0.15) is 0 Å². The van der Waals surface area contributed by atoms with Crippen molar-refractivity contribution in [2.45, 2.75) is 19.8 Å². The van der Waals surface area contributed by atoms with E-state index in [9.17, 15) is 4.79 Å². The maximum absolute atomic E-state index is 12.3. The second-order valence-electron chi connectivity index (χ2n) is 5.86. The second kappa shape index (κ2) is 6.58. The lowest BCUT2D eigenvalue weighted by Gasteiger charge is -2.07. The van der Waals surface area contributed by atoms with Gasteiger partial charge in [-0.3, -0.25) is 4.79 Å². The summed E-state index contributed by atoms with van der Waals surface area (Å²) in [7, 11) is 0. The average molecular weight is 321 g/mol. The molecule has 3 rings (SSSR count). The number of oxazole rings is 1. The molecule has 3 aromatic rings. The third kappa shape index (κ3) is 3.30. The average Bonchev–Trinajstić information content (AvgIpc) is 3.05. The van der Waals surface area contributed by atoms with Crippen LogP contribution in [0.4, 0.5) is 11.4 Å². The van der Waals surface area contributed by atoms with Crippen LogP contribution in [0.15, 0.2) is 59.2 Å². The molecular formula is C19H19N3O2. The molecule has 0 aliphatic rings. The van der Waals surface area contributed by atoms with E-state index >= 15 is 0 Å². The molecule has 0 aliphatic heterocycles. The molecule has 0 saturated carbocycles. The number of anilines is 2. The zero-order chi connectivity index (χ0) is 17.1. The van der Waals surface area contributed by atoms with Crippen LogP contribution in [0.25, 0.3) is 11.5 Å². The first-order valence-corrected chi connectivity index (χ1v) is 7.76. The largest absolute Gasteiger partial charge is 0.444 e. The maximum atomic E-state index is 12.3. The van der Waals surface area contributed by atoms with Crippen molar-refractivity contribution in [2.75, 3.05) is 11.1 Å². The van der Waals surface area contributed by atoms with Crippen molar-refractivity contribution in [3.63, 3.8) is 0 Å². The number of benzene rings is 2. The minimum Gasteiger partial charge on any atom is -0.444 e. The zero-order valence-electron chi connectivity index (χ0n) is 13.6. The van der Waals surface area contributed by atoms with Gasteiger partial charge in [-0.1, -0.05) is 38.1 Å². The van der Waals surface area contributed by atoms with E-state index in [0.29, 0.717) is 28.7 Å². The number of carbonyl (C=O) groups excluding carboxylic acids is 1. The standard InChI is InChI=1S/C19H19N3O2/c1-12(2)13-7-9-14(10-8-13)21-18(23)17-11-24-19(22-17)15-5-3-4-6-16(15)20/h3-12H,20H2,1-2H3,(H,21,23). The maximum Gasteiger partial charge on any atom is 0.277 e. The number of carbonyl (C=O) groups is 1. The summed E-state index contributed by atoms with van der Waals surface area (Å²) < 4.78 is 5.39. The lowest BCUT2D eigenvalue weighted by atomic mass is 10.0. The Morgan fingerprint density at radius 3 is 2.50 bits per heavy atom. The Labute approximate surface area is 140 Å². The summed E-state index contributed by atoms with van der Waals surface area (Å²) in [6.45, 7) is 4.25. The highest BCUT2D eigenvalue weighted by Crippen LogP contribution is 2.25. The van der Waals surface area contributed by atoms with Crippen LogP contribution in [0.3, 0.4) is 0 Å². The highest BCUT2D eigenvalue weighted by atomic mass is 16.3. The van der Waals surface area contributed by atoms with E-state index in [1.807, 2.05) is 36.4 Å². The summed E-state index contributed by atoms with van der Waals surface area (Å²) in [5, 5.41) is 2.81. The van der Waals surface area contributed by atoms with Crippen LogP contribution in [0.5, 0.6) is 0 Å². The number of nitrogens with one attached hydrogen (secondary N) is 1. The Morgan fingerprint density at radius 2 is 1.83 bits per heavy atom. The summed E-state index contributed by atoms with van der Waals surface area (Å²) in [4.78, 5) is 16.5. The number of amides is 1. The van der Waals surface area contributed by atoms with Crippen LogP contribution in [0.2, 0.25) is 0 Å². The predicted molar refractivity (Wildman–Crippen MR) is 94.8 cm³/mol. The molecule has 0 atom stereocenters. The van der Waals surface area contributed by atoms with Gasteiger partial charge in [0.2, 0.25) is 5.89 Å². The SMILES string of the molecule is CC(C)c1ccc(NC(=O)c2coc(-c3ccccc3N)n2)cc1. The van der Waals surface area contributed by atoms with E-state index in [1.54, 1.807) is 12.1 Å². The molecule has 2 aromatic carbocycles. The highest BCUT2D eigenvalue weighted by Gasteiger charge is 2.15. The summed E-state index contributed by atoms with van der Waals surface area (Å²) in [5.41, 5.74) is 9.26. The fourth-order valence-electron chi connectivity index (χ4n) is 2.34. The molecule has 5 heteroatoms. The van der Waals surface area contributed by atoms with Crippen molar-refractivity contribution < 1.29 is 9.21 Å². The van der Waals surface area contributed by atoms with E-state index in [-0.39, 0.29) is 11.6 Å². The fraction of sp³-hybridized carbons (Fsp3) is 0.158. The van der Waals surface area contributed by atoms with Gasteiger partial charge in [0.05, 0.1) is 5.56 Å². The molecule has 0 aliphatic carbocycles. The molecule has 0 unspecified atom stereocenters. The van der Waals surface area contributed by atoms with Gasteiger partial charge >= 0.3 is 0 Å². The zero-order valence-corrected chi connectivity index (χ0v) is 13.6. The number of hydrogen-bond donors (Lipinski definition) is 2.